The smallest absolute Gasteiger partial charge is 0.227 e. The van der Waals surface area contributed by atoms with Crippen LogP contribution in [0.25, 0.3) is 0 Å². The molecule has 0 saturated carbocycles. The number of amides is 1. The van der Waals surface area contributed by atoms with Crippen molar-refractivity contribution >= 4 is 5.91 Å². The molecule has 0 bridgehead atoms. The minimum Gasteiger partial charge on any atom is -0.334 e. The third kappa shape index (κ3) is 3.16. The normalized spacial score (nSPS) is 23.5. The van der Waals surface area contributed by atoms with Gasteiger partial charge < -0.3 is 10.2 Å². The molecule has 1 aliphatic heterocycles. The van der Waals surface area contributed by atoms with Crippen molar-refractivity contribution in [2.45, 2.75) is 46.2 Å². The van der Waals surface area contributed by atoms with E-state index in [1.165, 1.54) is 11.1 Å². The number of benzene rings is 1. The molecule has 2 atom stereocenters. The van der Waals surface area contributed by atoms with E-state index < -0.39 is 0 Å². The Morgan fingerprint density at radius 3 is 2.42 bits per heavy atom. The predicted molar refractivity (Wildman–Crippen MR) is 78.3 cm³/mol. The maximum Gasteiger partial charge on any atom is 0.227 e. The van der Waals surface area contributed by atoms with Gasteiger partial charge in [-0.15, -0.1) is 0 Å². The number of rotatable bonds is 2. The zero-order chi connectivity index (χ0) is 14.0. The summed E-state index contributed by atoms with van der Waals surface area (Å²) in [5.41, 5.74) is 3.65. The molecular formula is C16H24N2O. The lowest BCUT2D eigenvalue weighted by Gasteiger charge is -2.39. The second kappa shape index (κ2) is 5.74. The van der Waals surface area contributed by atoms with E-state index in [2.05, 4.69) is 51.2 Å². The van der Waals surface area contributed by atoms with Gasteiger partial charge in [0.15, 0.2) is 0 Å². The Hall–Kier alpha value is -1.35. The number of aryl methyl sites for hydroxylation is 2. The van der Waals surface area contributed by atoms with E-state index >= 15 is 0 Å². The molecule has 1 heterocycles. The van der Waals surface area contributed by atoms with Crippen LogP contribution >= 0.6 is 0 Å². The van der Waals surface area contributed by atoms with Gasteiger partial charge >= 0.3 is 0 Å². The van der Waals surface area contributed by atoms with Crippen LogP contribution in [-0.2, 0) is 11.2 Å². The largest absolute Gasteiger partial charge is 0.334 e. The van der Waals surface area contributed by atoms with Crippen LogP contribution in [0.15, 0.2) is 18.2 Å². The Bertz CT molecular complexity index is 460. The number of hydrogen-bond donors (Lipinski definition) is 1. The van der Waals surface area contributed by atoms with Crippen molar-refractivity contribution in [2.75, 3.05) is 13.1 Å². The minimum absolute atomic E-state index is 0.241. The molecule has 0 radical (unpaired) electrons. The molecule has 1 amide bonds. The summed E-state index contributed by atoms with van der Waals surface area (Å²) in [5, 5.41) is 3.36. The molecule has 1 aliphatic rings. The molecule has 0 spiro atoms. The molecule has 2 unspecified atom stereocenters. The quantitative estimate of drug-likeness (QED) is 0.882. The molecule has 1 N–H and O–H groups in total. The number of hydrogen-bond acceptors (Lipinski definition) is 2. The zero-order valence-corrected chi connectivity index (χ0v) is 12.4. The molecule has 1 aromatic rings. The van der Waals surface area contributed by atoms with E-state index in [0.29, 0.717) is 6.42 Å². The molecule has 104 valence electrons. The van der Waals surface area contributed by atoms with Gasteiger partial charge in [0.2, 0.25) is 5.91 Å². The monoisotopic (exact) mass is 260 g/mol. The van der Waals surface area contributed by atoms with Gasteiger partial charge in [-0.2, -0.15) is 0 Å². The van der Waals surface area contributed by atoms with Crippen LogP contribution < -0.4 is 5.32 Å². The lowest BCUT2D eigenvalue weighted by molar-refractivity contribution is -0.135. The summed E-state index contributed by atoms with van der Waals surface area (Å²) < 4.78 is 0. The molecule has 0 aliphatic carbocycles. The highest BCUT2D eigenvalue weighted by Crippen LogP contribution is 2.15. The molecule has 1 aromatic carbocycles. The molecule has 3 nitrogen and oxygen atoms in total. The Balaban J connectivity index is 2.09. The first-order valence-corrected chi connectivity index (χ1v) is 7.07. The van der Waals surface area contributed by atoms with Crippen molar-refractivity contribution in [3.8, 4) is 0 Å². The first-order chi connectivity index (χ1) is 8.99. The number of nitrogens with one attached hydrogen (secondary N) is 1. The topological polar surface area (TPSA) is 32.3 Å². The lowest BCUT2D eigenvalue weighted by Crippen LogP contribution is -2.57. The molecule has 19 heavy (non-hydrogen) atoms. The van der Waals surface area contributed by atoms with Gasteiger partial charge in [-0.25, -0.2) is 0 Å². The van der Waals surface area contributed by atoms with E-state index in [-0.39, 0.29) is 18.0 Å². The first kappa shape index (κ1) is 14.1. The predicted octanol–water partition coefficient (Wildman–Crippen LogP) is 2.05. The van der Waals surface area contributed by atoms with Crippen LogP contribution in [-0.4, -0.2) is 36.0 Å². The molecule has 1 fully saturated rings. The molecular weight excluding hydrogens is 236 g/mol. The van der Waals surface area contributed by atoms with Crippen LogP contribution in [0.5, 0.6) is 0 Å². The van der Waals surface area contributed by atoms with Crippen LogP contribution in [0.4, 0.5) is 0 Å². The summed E-state index contributed by atoms with van der Waals surface area (Å²) in [6, 6.07) is 6.86. The Labute approximate surface area is 116 Å². The number of carbonyl (C=O) groups is 1. The Morgan fingerprint density at radius 1 is 1.21 bits per heavy atom. The van der Waals surface area contributed by atoms with Gasteiger partial charge in [-0.3, -0.25) is 4.79 Å². The molecule has 2 rings (SSSR count). The fourth-order valence-electron chi connectivity index (χ4n) is 2.80. The van der Waals surface area contributed by atoms with Crippen LogP contribution in [0.2, 0.25) is 0 Å². The van der Waals surface area contributed by atoms with E-state index in [1.54, 1.807) is 0 Å². The van der Waals surface area contributed by atoms with Crippen molar-refractivity contribution in [2.24, 2.45) is 0 Å². The zero-order valence-electron chi connectivity index (χ0n) is 12.4. The fourth-order valence-corrected chi connectivity index (χ4v) is 2.80. The van der Waals surface area contributed by atoms with Gasteiger partial charge in [0.25, 0.3) is 0 Å². The van der Waals surface area contributed by atoms with Crippen molar-refractivity contribution in [1.29, 1.82) is 0 Å². The third-order valence-corrected chi connectivity index (χ3v) is 4.04. The average Bonchev–Trinajstić information content (AvgIpc) is 2.33. The van der Waals surface area contributed by atoms with Gasteiger partial charge in [0.1, 0.15) is 0 Å². The van der Waals surface area contributed by atoms with Gasteiger partial charge in [-0.1, -0.05) is 18.2 Å². The van der Waals surface area contributed by atoms with Gasteiger partial charge in [-0.05, 0) is 44.4 Å². The number of piperazine rings is 1. The maximum absolute atomic E-state index is 12.5. The summed E-state index contributed by atoms with van der Waals surface area (Å²) in [6.45, 7) is 10.2. The molecule has 3 heteroatoms. The third-order valence-electron chi connectivity index (χ3n) is 4.04. The van der Waals surface area contributed by atoms with E-state index in [9.17, 15) is 4.79 Å². The second-order valence-electron chi connectivity index (χ2n) is 5.75. The summed E-state index contributed by atoms with van der Waals surface area (Å²) >= 11 is 0. The maximum atomic E-state index is 12.5. The molecule has 1 saturated heterocycles. The van der Waals surface area contributed by atoms with Crippen molar-refractivity contribution < 1.29 is 4.79 Å². The molecule has 0 aromatic heterocycles. The number of carbonyl (C=O) groups excluding carboxylic acids is 1. The highest BCUT2D eigenvalue weighted by molar-refractivity contribution is 5.79. The highest BCUT2D eigenvalue weighted by atomic mass is 16.2. The average molecular weight is 260 g/mol. The van der Waals surface area contributed by atoms with E-state index in [4.69, 9.17) is 0 Å². The van der Waals surface area contributed by atoms with Crippen LogP contribution in [0, 0.1) is 13.8 Å². The lowest BCUT2D eigenvalue weighted by atomic mass is 10.0. The van der Waals surface area contributed by atoms with Crippen LogP contribution in [0.1, 0.15) is 30.5 Å². The fraction of sp³-hybridized carbons (Fsp3) is 0.562. The van der Waals surface area contributed by atoms with Crippen molar-refractivity contribution in [3.63, 3.8) is 0 Å². The Kier molecular flexibility index (Phi) is 4.25. The van der Waals surface area contributed by atoms with Crippen molar-refractivity contribution in [3.05, 3.63) is 34.9 Å². The first-order valence-electron chi connectivity index (χ1n) is 7.07. The highest BCUT2D eigenvalue weighted by Gasteiger charge is 2.28. The summed E-state index contributed by atoms with van der Waals surface area (Å²) in [5.74, 6) is 0.241. The SMILES string of the molecule is Cc1ccc(CC(=O)N2C(C)CNCC2C)cc1C. The van der Waals surface area contributed by atoms with Gasteiger partial charge in [0, 0.05) is 25.2 Å². The standard InChI is InChI=1S/C16H24N2O/c1-11-5-6-15(7-12(11)2)8-16(19)18-13(3)9-17-10-14(18)4/h5-7,13-14,17H,8-10H2,1-4H3. The summed E-state index contributed by atoms with van der Waals surface area (Å²) in [7, 11) is 0. The van der Waals surface area contributed by atoms with E-state index in [1.807, 2.05) is 4.90 Å². The van der Waals surface area contributed by atoms with Crippen LogP contribution in [0.3, 0.4) is 0 Å². The van der Waals surface area contributed by atoms with E-state index in [0.717, 1.165) is 18.7 Å². The summed E-state index contributed by atoms with van der Waals surface area (Å²) in [4.78, 5) is 14.5. The Morgan fingerprint density at radius 2 is 1.84 bits per heavy atom. The number of nitrogens with zero attached hydrogens (tertiary/aromatic N) is 1. The minimum atomic E-state index is 0.241. The van der Waals surface area contributed by atoms with Crippen molar-refractivity contribution in [1.82, 2.24) is 10.2 Å². The van der Waals surface area contributed by atoms with Gasteiger partial charge in [0.05, 0.1) is 6.42 Å². The second-order valence-corrected chi connectivity index (χ2v) is 5.75. The summed E-state index contributed by atoms with van der Waals surface area (Å²) in [6.07, 6.45) is 0.510.